The maximum Gasteiger partial charge on any atom is 0.180 e. The van der Waals surface area contributed by atoms with Gasteiger partial charge in [-0.2, -0.15) is 42.0 Å². The molecule has 0 fully saturated rings. The molecule has 0 radical (unpaired) electrons. The number of nitrogens with zero attached hydrogens (tertiary/aromatic N) is 22. The zero-order chi connectivity index (χ0) is 91.3. The van der Waals surface area contributed by atoms with Crippen LogP contribution in [-0.2, 0) is 0 Å². The van der Waals surface area contributed by atoms with Gasteiger partial charge in [0.1, 0.15) is 31.5 Å². The Morgan fingerprint density at radius 2 is 0.855 bits per heavy atom. The van der Waals surface area contributed by atoms with Gasteiger partial charge in [-0.3, -0.25) is 35.0 Å². The Morgan fingerprint density at radius 1 is 0.267 bits per heavy atom. The number of rotatable bonds is 0. The third kappa shape index (κ3) is 58.6. The zero-order valence-electron chi connectivity index (χ0n) is 70.0. The van der Waals surface area contributed by atoms with Gasteiger partial charge in [0.25, 0.3) is 0 Å². The lowest BCUT2D eigenvalue weighted by atomic mass is 10.3. The van der Waals surface area contributed by atoms with Gasteiger partial charge in [0.2, 0.25) is 0 Å². The van der Waals surface area contributed by atoms with E-state index in [-0.39, 0.29) is 0 Å². The molecule has 31 nitrogen and oxygen atoms in total. The molecule has 0 aliphatic rings. The van der Waals surface area contributed by atoms with Crippen molar-refractivity contribution >= 4 is 121 Å². The molecule has 26 aromatic rings. The van der Waals surface area contributed by atoms with E-state index in [2.05, 4.69) is 230 Å². The summed E-state index contributed by atoms with van der Waals surface area (Å²) in [6.45, 7) is 0. The summed E-state index contributed by atoms with van der Waals surface area (Å²) in [5.74, 6) is 0. The summed E-state index contributed by atoms with van der Waals surface area (Å²) >= 11 is 10.2. The number of para-hydroxylation sites is 5. The number of pyridine rings is 1. The largest absolute Gasteiger partial charge is 0.473 e. The first-order valence-electron chi connectivity index (χ1n) is 38.6. The van der Waals surface area contributed by atoms with Gasteiger partial charge in [-0.1, -0.05) is 84.0 Å². The number of thiophene rings is 4. The van der Waals surface area contributed by atoms with Crippen molar-refractivity contribution in [2.75, 3.05) is 0 Å². The van der Waals surface area contributed by atoms with Crippen molar-refractivity contribution in [2.45, 2.75) is 0 Å². The van der Waals surface area contributed by atoms with Crippen LogP contribution in [0.2, 0.25) is 0 Å². The summed E-state index contributed by atoms with van der Waals surface area (Å²) < 4.78 is 21.3. The minimum absolute atomic E-state index is 0.949. The van der Waals surface area contributed by atoms with Gasteiger partial charge in [-0.25, -0.2) is 49.2 Å². The third-order valence-corrected chi connectivity index (χ3v) is 17.9. The van der Waals surface area contributed by atoms with Crippen LogP contribution in [0.4, 0.5) is 0 Å². The van der Waals surface area contributed by atoms with Gasteiger partial charge >= 0.3 is 0 Å². The molecule has 0 bridgehead atoms. The van der Waals surface area contributed by atoms with Crippen LogP contribution in [-0.4, -0.2) is 140 Å². The van der Waals surface area contributed by atoms with Crippen LogP contribution in [0.1, 0.15) is 0 Å². The lowest BCUT2D eigenvalue weighted by molar-refractivity contribution is 0.420. The molecular formula is C94H90N28O3S6. The molecule has 0 aliphatic heterocycles. The van der Waals surface area contributed by atoms with E-state index in [1.54, 1.807) is 273 Å². The summed E-state index contributed by atoms with van der Waals surface area (Å²) in [5, 5.41) is 42.9. The number of H-pyrrole nitrogens is 6. The maximum atomic E-state index is 4.58. The Hall–Kier alpha value is -17.1. The summed E-state index contributed by atoms with van der Waals surface area (Å²) in [4.78, 5) is 68.3. The van der Waals surface area contributed by atoms with Gasteiger partial charge < -0.3 is 33.3 Å². The average Bonchev–Trinajstić information content (AvgIpc) is 1.42. The highest BCUT2D eigenvalue weighted by Gasteiger charge is 1.93. The first-order valence-corrected chi connectivity index (χ1v) is 44.0. The minimum Gasteiger partial charge on any atom is -0.473 e. The molecule has 6 N–H and O–H groups in total. The number of fused-ring (bicyclic) bond motifs is 5. The molecule has 22 heterocycles. The normalized spacial score (nSPS) is 8.76. The van der Waals surface area contributed by atoms with Crippen LogP contribution in [0.25, 0.3) is 52.5 Å². The Balaban J connectivity index is 0.000000213. The first-order chi connectivity index (χ1) is 65.3. The lowest BCUT2D eigenvalue weighted by Gasteiger charge is -1.90. The monoisotopic (exact) mass is 1850 g/mol. The van der Waals surface area contributed by atoms with Gasteiger partial charge in [-0.15, -0.1) is 45.3 Å². The Kier molecular flexibility index (Phi) is 61.8. The number of aromatic nitrogens is 28. The number of aromatic amines is 6. The van der Waals surface area contributed by atoms with Crippen LogP contribution in [0.15, 0.2) is 524 Å². The lowest BCUT2D eigenvalue weighted by Crippen LogP contribution is -1.78. The highest BCUT2D eigenvalue weighted by molar-refractivity contribution is 7.25. The molecule has 0 atom stereocenters. The molecular weight excluding hydrogens is 1760 g/mol. The highest BCUT2D eigenvalue weighted by atomic mass is 32.1. The summed E-state index contributed by atoms with van der Waals surface area (Å²) in [7, 11) is 0. The number of thiazole rings is 1. The average molecular weight is 1850 g/mol. The standard InChI is InChI=1S/C8H6N2.C8H7N.C8H6S.C7H6N2.C6H4S2.C5H5N.5C4H4N2.C4H5N.C4H4O.C4H4S.2C3H4N2.2C3H3NO.2C3H3NS.C2H3N3/c1-2-4-8-7(3-1)9-5-6-10-8;2*1-2-4-8-7(3-1)5-6-9-8;1-2-4-7-6(3-1)8-5-9-7;1-3-7-6-2-4-8-5(1)6;1-2-4-6-5-3-1;1-2-6-4-3-5-1;3*1-2-5-4-6-3-1;1-2-4-6-5-3-1;3*1-2-4-5-3-1;1-2-5-3-4-1;1-2-4-5-3-1;1-2-5-3-4-1;1-2-4-5-3-1;1-2-5-3-4-1;2*1-2-4-5-3-1/h1-6H;1-6,9H;1-6H;1-5H,(H,8,9);1-4H;1-5H;5*1-4H;1-5H;2*1-4H;2*1-3H,(H,4,5);4*1-3H;1-2H,(H,3,4,5). The number of furan rings is 1. The second kappa shape index (κ2) is 78.8. The van der Waals surface area contributed by atoms with Crippen LogP contribution >= 0.6 is 68.2 Å². The second-order valence-electron chi connectivity index (χ2n) is 22.5. The number of oxazole rings is 1. The first kappa shape index (κ1) is 103. The van der Waals surface area contributed by atoms with Crippen LogP contribution in [0.5, 0.6) is 0 Å². The number of nitrogens with one attached hydrogen (secondary N) is 6. The van der Waals surface area contributed by atoms with E-state index in [0.29, 0.717) is 0 Å². The SMILES string of the molecule is c1c[nH]cn1.c1cc2sccc2s1.c1cc[nH]c1.c1ccc2[nH]ccc2c1.c1ccc2[nH]cnc2c1.c1ccc2nccnc2c1.c1ccc2sccc2c1.c1ccncc1.c1ccnnc1.c1ccoc1.c1ccsc1.c1cn[nH]c1.c1cn[nH]n1.c1cnccn1.c1cncnc1.c1cncnc1.c1cncnc1.c1cnoc1.c1cnsc1.c1cocn1.c1cscn1. The molecule has 131 heavy (non-hydrogen) atoms. The number of imidazole rings is 2. The van der Waals surface area contributed by atoms with Crippen LogP contribution in [0.3, 0.4) is 0 Å². The quantitative estimate of drug-likeness (QED) is 0.0821. The molecule has 37 heteroatoms. The smallest absolute Gasteiger partial charge is 0.180 e. The van der Waals surface area contributed by atoms with Gasteiger partial charge in [0, 0.05) is 185 Å². The topological polar surface area (TPSA) is 418 Å². The van der Waals surface area contributed by atoms with E-state index in [1.807, 2.05) is 180 Å². The molecule has 660 valence electrons. The van der Waals surface area contributed by atoms with E-state index >= 15 is 0 Å². The fourth-order valence-corrected chi connectivity index (χ4v) is 11.8. The molecule has 0 aliphatic carbocycles. The predicted octanol–water partition coefficient (Wildman–Crippen LogP) is 23.0. The molecule has 0 amide bonds. The maximum absolute atomic E-state index is 4.58. The second-order valence-corrected chi connectivity index (χ2v) is 27.6. The Bertz CT molecular complexity index is 4960. The van der Waals surface area contributed by atoms with Gasteiger partial charge in [0.15, 0.2) is 6.39 Å². The molecule has 0 unspecified atom stereocenters. The number of benzene rings is 4. The fourth-order valence-electron chi connectivity index (χ4n) is 8.00. The van der Waals surface area contributed by atoms with Crippen LogP contribution in [0, 0.1) is 0 Å². The highest BCUT2D eigenvalue weighted by Crippen LogP contribution is 2.25. The van der Waals surface area contributed by atoms with Crippen LogP contribution < -0.4 is 0 Å². The van der Waals surface area contributed by atoms with E-state index in [4.69, 9.17) is 0 Å². The molecule has 0 spiro atoms. The summed E-state index contributed by atoms with van der Waals surface area (Å²) in [6.07, 6.45) is 64.8. The van der Waals surface area contributed by atoms with Gasteiger partial charge in [0.05, 0.1) is 77.5 Å². The third-order valence-electron chi connectivity index (χ3n) is 13.4. The van der Waals surface area contributed by atoms with Crippen molar-refractivity contribution in [1.82, 2.24) is 140 Å². The predicted molar refractivity (Wildman–Crippen MR) is 524 cm³/mol. The van der Waals surface area contributed by atoms with Crippen molar-refractivity contribution in [3.63, 3.8) is 0 Å². The molecule has 22 aromatic heterocycles. The molecule has 0 saturated carbocycles. The Labute approximate surface area is 778 Å². The van der Waals surface area contributed by atoms with E-state index in [0.717, 1.165) is 22.1 Å². The van der Waals surface area contributed by atoms with Crippen molar-refractivity contribution in [3.8, 4) is 0 Å². The number of hydrogen-bond donors (Lipinski definition) is 6. The Morgan fingerprint density at radius 3 is 1.19 bits per heavy atom. The number of hydrogen-bond acceptors (Lipinski definition) is 31. The van der Waals surface area contributed by atoms with Crippen molar-refractivity contribution in [3.05, 3.63) is 510 Å². The van der Waals surface area contributed by atoms with Crippen molar-refractivity contribution in [1.29, 1.82) is 0 Å². The van der Waals surface area contributed by atoms with E-state index < -0.39 is 0 Å². The van der Waals surface area contributed by atoms with Crippen molar-refractivity contribution in [2.24, 2.45) is 0 Å². The summed E-state index contributed by atoms with van der Waals surface area (Å²) in [6, 6.07) is 72.6. The van der Waals surface area contributed by atoms with Gasteiger partial charge in [-0.05, 0) is 195 Å². The minimum atomic E-state index is 0.949. The van der Waals surface area contributed by atoms with E-state index in [9.17, 15) is 0 Å². The molecule has 4 aromatic carbocycles. The summed E-state index contributed by atoms with van der Waals surface area (Å²) in [5.41, 5.74) is 7.02. The van der Waals surface area contributed by atoms with Crippen molar-refractivity contribution < 1.29 is 13.4 Å². The molecule has 26 rings (SSSR count). The molecule has 0 saturated heterocycles. The van der Waals surface area contributed by atoms with E-state index in [1.165, 1.54) is 79.8 Å². The zero-order valence-corrected chi connectivity index (χ0v) is 74.9. The fraction of sp³-hybridized carbons (Fsp3) is 0.